The molecule has 0 fully saturated rings. The van der Waals surface area contributed by atoms with E-state index in [1.807, 2.05) is 6.92 Å². The Morgan fingerprint density at radius 3 is 2.71 bits per heavy atom. The van der Waals surface area contributed by atoms with Crippen molar-refractivity contribution in [2.45, 2.75) is 25.5 Å². The molecule has 1 aromatic carbocycles. The lowest BCUT2D eigenvalue weighted by Gasteiger charge is -2.19. The smallest absolute Gasteiger partial charge is 0.0961 e. The number of halogens is 1. The van der Waals surface area contributed by atoms with Crippen LogP contribution in [0.1, 0.15) is 25.0 Å². The quantitative estimate of drug-likeness (QED) is 0.671. The zero-order chi connectivity index (χ0) is 10.7. The Bertz CT molecular complexity index is 317. The van der Waals surface area contributed by atoms with Crippen LogP contribution in [0.15, 0.2) is 18.2 Å². The number of aliphatic hydroxyl groups is 1. The highest BCUT2D eigenvalue weighted by molar-refractivity contribution is 6.30. The Morgan fingerprint density at radius 2 is 2.14 bits per heavy atom. The molecule has 5 N–H and O–H groups in total. The van der Waals surface area contributed by atoms with Crippen LogP contribution in [0.5, 0.6) is 0 Å². The van der Waals surface area contributed by atoms with Crippen molar-refractivity contribution >= 4 is 17.3 Å². The van der Waals surface area contributed by atoms with E-state index >= 15 is 0 Å². The van der Waals surface area contributed by atoms with E-state index in [-0.39, 0.29) is 6.04 Å². The number of rotatable bonds is 3. The molecule has 0 aliphatic heterocycles. The average molecular weight is 215 g/mol. The van der Waals surface area contributed by atoms with Gasteiger partial charge in [0.2, 0.25) is 0 Å². The van der Waals surface area contributed by atoms with Crippen LogP contribution in [0.2, 0.25) is 5.02 Å². The third-order valence-electron chi connectivity index (χ3n) is 2.24. The first-order valence-electron chi connectivity index (χ1n) is 4.54. The van der Waals surface area contributed by atoms with Crippen LogP contribution in [0.4, 0.5) is 5.69 Å². The molecule has 2 atom stereocenters. The van der Waals surface area contributed by atoms with E-state index < -0.39 is 6.10 Å². The molecule has 2 unspecified atom stereocenters. The van der Waals surface area contributed by atoms with Crippen LogP contribution >= 0.6 is 11.6 Å². The van der Waals surface area contributed by atoms with Crippen molar-refractivity contribution in [3.63, 3.8) is 0 Å². The summed E-state index contributed by atoms with van der Waals surface area (Å²) in [6, 6.07) is 4.70. The van der Waals surface area contributed by atoms with Gasteiger partial charge in [-0.25, -0.2) is 0 Å². The molecule has 0 aliphatic rings. The molecular formula is C10H15ClN2O. The van der Waals surface area contributed by atoms with Gasteiger partial charge in [-0.3, -0.25) is 0 Å². The maximum absolute atomic E-state index is 9.83. The fourth-order valence-electron chi connectivity index (χ4n) is 1.26. The zero-order valence-electron chi connectivity index (χ0n) is 8.07. The molecule has 0 aliphatic carbocycles. The SMILES string of the molecule is CCC(N)C(O)c1cc(Cl)ccc1N. The van der Waals surface area contributed by atoms with Crippen LogP contribution in [-0.4, -0.2) is 11.1 Å². The summed E-state index contributed by atoms with van der Waals surface area (Å²) in [5, 5.41) is 10.4. The maximum Gasteiger partial charge on any atom is 0.0961 e. The Hall–Kier alpha value is -0.770. The molecular weight excluding hydrogens is 200 g/mol. The summed E-state index contributed by atoms with van der Waals surface area (Å²) in [4.78, 5) is 0. The monoisotopic (exact) mass is 214 g/mol. The molecule has 0 bridgehead atoms. The van der Waals surface area contributed by atoms with Crippen molar-refractivity contribution in [3.05, 3.63) is 28.8 Å². The van der Waals surface area contributed by atoms with Crippen LogP contribution in [0.3, 0.4) is 0 Å². The minimum absolute atomic E-state index is 0.309. The predicted octanol–water partition coefficient (Wildman–Crippen LogP) is 1.69. The summed E-state index contributed by atoms with van der Waals surface area (Å²) in [6.07, 6.45) is -0.0636. The lowest BCUT2D eigenvalue weighted by atomic mass is 10.00. The van der Waals surface area contributed by atoms with Gasteiger partial charge < -0.3 is 16.6 Å². The standard InChI is InChI=1S/C10H15ClN2O/c1-2-8(12)10(14)7-5-6(11)3-4-9(7)13/h3-5,8,10,14H,2,12-13H2,1H3. The summed E-state index contributed by atoms with van der Waals surface area (Å²) in [7, 11) is 0. The highest BCUT2D eigenvalue weighted by Crippen LogP contribution is 2.26. The van der Waals surface area contributed by atoms with Crippen molar-refractivity contribution in [1.29, 1.82) is 0 Å². The first-order valence-corrected chi connectivity index (χ1v) is 4.92. The fraction of sp³-hybridized carbons (Fsp3) is 0.400. The van der Waals surface area contributed by atoms with Gasteiger partial charge in [0.15, 0.2) is 0 Å². The van der Waals surface area contributed by atoms with E-state index in [9.17, 15) is 5.11 Å². The van der Waals surface area contributed by atoms with E-state index in [1.165, 1.54) is 0 Å². The summed E-state index contributed by atoms with van der Waals surface area (Å²) in [6.45, 7) is 1.91. The Morgan fingerprint density at radius 1 is 1.50 bits per heavy atom. The van der Waals surface area contributed by atoms with Crippen LogP contribution in [0, 0.1) is 0 Å². The van der Waals surface area contributed by atoms with Gasteiger partial charge in [0.05, 0.1) is 6.10 Å². The molecule has 0 saturated heterocycles. The molecule has 4 heteroatoms. The molecule has 1 aromatic rings. The zero-order valence-corrected chi connectivity index (χ0v) is 8.83. The summed E-state index contributed by atoms with van der Waals surface area (Å²) in [5.41, 5.74) is 12.6. The number of benzene rings is 1. The van der Waals surface area contributed by atoms with Crippen molar-refractivity contribution in [3.8, 4) is 0 Å². The minimum Gasteiger partial charge on any atom is -0.398 e. The second kappa shape index (κ2) is 4.64. The Kier molecular flexibility index (Phi) is 3.75. The van der Waals surface area contributed by atoms with Gasteiger partial charge in [0, 0.05) is 22.3 Å². The highest BCUT2D eigenvalue weighted by atomic mass is 35.5. The topological polar surface area (TPSA) is 72.3 Å². The second-order valence-corrected chi connectivity index (χ2v) is 3.73. The number of anilines is 1. The van der Waals surface area contributed by atoms with E-state index in [1.54, 1.807) is 18.2 Å². The fourth-order valence-corrected chi connectivity index (χ4v) is 1.44. The molecule has 78 valence electrons. The van der Waals surface area contributed by atoms with E-state index in [0.29, 0.717) is 22.7 Å². The van der Waals surface area contributed by atoms with Gasteiger partial charge in [-0.2, -0.15) is 0 Å². The van der Waals surface area contributed by atoms with E-state index in [4.69, 9.17) is 23.1 Å². The number of hydrogen-bond donors (Lipinski definition) is 3. The average Bonchev–Trinajstić information content (AvgIpc) is 2.19. The maximum atomic E-state index is 9.83. The molecule has 3 nitrogen and oxygen atoms in total. The van der Waals surface area contributed by atoms with Gasteiger partial charge in [-0.1, -0.05) is 18.5 Å². The van der Waals surface area contributed by atoms with Gasteiger partial charge in [0.25, 0.3) is 0 Å². The van der Waals surface area contributed by atoms with Crippen LogP contribution in [0.25, 0.3) is 0 Å². The lowest BCUT2D eigenvalue weighted by molar-refractivity contribution is 0.145. The second-order valence-electron chi connectivity index (χ2n) is 3.29. The number of aliphatic hydroxyl groups excluding tert-OH is 1. The van der Waals surface area contributed by atoms with Gasteiger partial charge in [-0.15, -0.1) is 0 Å². The number of nitrogen functional groups attached to an aromatic ring is 1. The van der Waals surface area contributed by atoms with Crippen molar-refractivity contribution < 1.29 is 5.11 Å². The van der Waals surface area contributed by atoms with Crippen molar-refractivity contribution in [2.24, 2.45) is 5.73 Å². The molecule has 0 spiro atoms. The number of nitrogens with two attached hydrogens (primary N) is 2. The van der Waals surface area contributed by atoms with E-state index in [0.717, 1.165) is 0 Å². The van der Waals surface area contributed by atoms with Crippen molar-refractivity contribution in [2.75, 3.05) is 5.73 Å². The molecule has 0 amide bonds. The molecule has 0 saturated carbocycles. The van der Waals surface area contributed by atoms with Gasteiger partial charge in [0.1, 0.15) is 0 Å². The van der Waals surface area contributed by atoms with Gasteiger partial charge in [-0.05, 0) is 24.6 Å². The molecule has 14 heavy (non-hydrogen) atoms. The Balaban J connectivity index is 2.99. The highest BCUT2D eigenvalue weighted by Gasteiger charge is 2.17. The van der Waals surface area contributed by atoms with E-state index in [2.05, 4.69) is 0 Å². The normalized spacial score (nSPS) is 15.1. The first-order chi connectivity index (χ1) is 6.56. The molecule has 1 rings (SSSR count). The summed E-state index contributed by atoms with van der Waals surface area (Å²) in [5.74, 6) is 0. The summed E-state index contributed by atoms with van der Waals surface area (Å²) >= 11 is 5.80. The lowest BCUT2D eigenvalue weighted by Crippen LogP contribution is -2.27. The first kappa shape index (κ1) is 11.3. The Labute approximate surface area is 88.7 Å². The molecule has 0 aromatic heterocycles. The summed E-state index contributed by atoms with van der Waals surface area (Å²) < 4.78 is 0. The molecule has 0 heterocycles. The number of hydrogen-bond acceptors (Lipinski definition) is 3. The predicted molar refractivity (Wildman–Crippen MR) is 59.1 cm³/mol. The third-order valence-corrected chi connectivity index (χ3v) is 2.48. The van der Waals surface area contributed by atoms with Crippen molar-refractivity contribution in [1.82, 2.24) is 0 Å². The van der Waals surface area contributed by atoms with Crippen LogP contribution in [-0.2, 0) is 0 Å². The minimum atomic E-state index is -0.751. The molecule has 0 radical (unpaired) electrons. The largest absolute Gasteiger partial charge is 0.398 e. The van der Waals surface area contributed by atoms with Crippen LogP contribution < -0.4 is 11.5 Å². The third kappa shape index (κ3) is 2.38. The van der Waals surface area contributed by atoms with Gasteiger partial charge >= 0.3 is 0 Å².